The van der Waals surface area contributed by atoms with E-state index in [-0.39, 0.29) is 17.4 Å². The number of rotatable bonds is 4. The molecule has 5 nitrogen and oxygen atoms in total. The number of carbonyl (C=O) groups is 2. The predicted octanol–water partition coefficient (Wildman–Crippen LogP) is 0.893. The highest BCUT2D eigenvalue weighted by Crippen LogP contribution is 2.32. The largest absolute Gasteiger partial charge is 0.353 e. The van der Waals surface area contributed by atoms with Crippen LogP contribution in [0.4, 0.5) is 0 Å². The first-order valence-corrected chi connectivity index (χ1v) is 8.45. The lowest BCUT2D eigenvalue weighted by atomic mass is 9.83. The summed E-state index contributed by atoms with van der Waals surface area (Å²) in [6.45, 7) is 5.45. The van der Waals surface area contributed by atoms with Crippen LogP contribution in [-0.4, -0.2) is 48.9 Å². The molecule has 1 unspecified atom stereocenters. The van der Waals surface area contributed by atoms with Gasteiger partial charge in [0, 0.05) is 31.6 Å². The van der Waals surface area contributed by atoms with Gasteiger partial charge in [0.15, 0.2) is 0 Å². The summed E-state index contributed by atoms with van der Waals surface area (Å²) in [5, 5.41) is 6.55. The molecule has 2 saturated heterocycles. The van der Waals surface area contributed by atoms with E-state index in [4.69, 9.17) is 0 Å². The van der Waals surface area contributed by atoms with Gasteiger partial charge in [0.25, 0.3) is 0 Å². The first-order chi connectivity index (χ1) is 10.1. The topological polar surface area (TPSA) is 61.4 Å². The summed E-state index contributed by atoms with van der Waals surface area (Å²) in [6, 6.07) is 0.241. The number of amides is 2. The van der Waals surface area contributed by atoms with Gasteiger partial charge >= 0.3 is 0 Å². The molecule has 2 aliphatic heterocycles. The normalized spacial score (nSPS) is 30.4. The number of nitrogens with one attached hydrogen (secondary N) is 2. The average Bonchev–Trinajstić information content (AvgIpc) is 3.24. The monoisotopic (exact) mass is 293 g/mol. The Morgan fingerprint density at radius 3 is 2.48 bits per heavy atom. The third kappa shape index (κ3) is 3.07. The minimum Gasteiger partial charge on any atom is -0.353 e. The van der Waals surface area contributed by atoms with Crippen LogP contribution in [0, 0.1) is 11.3 Å². The molecule has 2 heterocycles. The molecule has 2 N–H and O–H groups in total. The van der Waals surface area contributed by atoms with Gasteiger partial charge in [-0.3, -0.25) is 9.59 Å². The summed E-state index contributed by atoms with van der Waals surface area (Å²) in [5.74, 6) is 0.857. The van der Waals surface area contributed by atoms with Crippen LogP contribution in [0.1, 0.15) is 45.4 Å². The van der Waals surface area contributed by atoms with Crippen LogP contribution in [0.25, 0.3) is 0 Å². The zero-order valence-electron chi connectivity index (χ0n) is 13.0. The molecule has 2 amide bonds. The molecule has 1 atom stereocenters. The molecule has 0 radical (unpaired) electrons. The zero-order valence-corrected chi connectivity index (χ0v) is 13.0. The molecule has 5 heteroatoms. The molecule has 0 bridgehead atoms. The smallest absolute Gasteiger partial charge is 0.227 e. The highest BCUT2D eigenvalue weighted by atomic mass is 16.2. The second-order valence-electron chi connectivity index (χ2n) is 6.91. The van der Waals surface area contributed by atoms with Gasteiger partial charge in [-0.05, 0) is 45.1 Å². The fraction of sp³-hybridized carbons (Fsp3) is 0.875. The predicted molar refractivity (Wildman–Crippen MR) is 80.7 cm³/mol. The number of piperidine rings is 1. The van der Waals surface area contributed by atoms with Crippen LogP contribution in [0.5, 0.6) is 0 Å². The Kier molecular flexibility index (Phi) is 4.20. The molecule has 0 aromatic carbocycles. The number of nitrogens with zero attached hydrogens (tertiary/aromatic N) is 1. The van der Waals surface area contributed by atoms with Crippen LogP contribution in [0.3, 0.4) is 0 Å². The number of carbonyl (C=O) groups excluding carboxylic acids is 2. The average molecular weight is 293 g/mol. The molecule has 3 rings (SSSR count). The molecule has 0 aromatic heterocycles. The van der Waals surface area contributed by atoms with Gasteiger partial charge in [-0.1, -0.05) is 6.92 Å². The van der Waals surface area contributed by atoms with E-state index >= 15 is 0 Å². The van der Waals surface area contributed by atoms with Gasteiger partial charge in [0.2, 0.25) is 11.8 Å². The third-order valence-electron chi connectivity index (χ3n) is 5.47. The first-order valence-electron chi connectivity index (χ1n) is 8.45. The summed E-state index contributed by atoms with van der Waals surface area (Å²) in [5.41, 5.74) is -0.207. The maximum absolute atomic E-state index is 12.6. The van der Waals surface area contributed by atoms with Crippen LogP contribution < -0.4 is 10.6 Å². The molecule has 1 saturated carbocycles. The van der Waals surface area contributed by atoms with Gasteiger partial charge < -0.3 is 15.5 Å². The van der Waals surface area contributed by atoms with Gasteiger partial charge in [-0.2, -0.15) is 0 Å². The van der Waals surface area contributed by atoms with Crippen LogP contribution in [0.2, 0.25) is 0 Å². The van der Waals surface area contributed by atoms with E-state index in [0.29, 0.717) is 11.8 Å². The van der Waals surface area contributed by atoms with E-state index in [1.807, 2.05) is 4.90 Å². The van der Waals surface area contributed by atoms with E-state index in [1.165, 1.54) is 0 Å². The maximum atomic E-state index is 12.6. The van der Waals surface area contributed by atoms with Crippen molar-refractivity contribution in [3.8, 4) is 0 Å². The van der Waals surface area contributed by atoms with E-state index in [2.05, 4.69) is 17.6 Å². The molecule has 118 valence electrons. The van der Waals surface area contributed by atoms with Crippen molar-refractivity contribution in [3.63, 3.8) is 0 Å². The molecule has 3 aliphatic rings. The number of hydrogen-bond acceptors (Lipinski definition) is 3. The molecule has 1 aliphatic carbocycles. The SMILES string of the molecule is CCC1(C(=O)NC2CCN(C(=O)C3CC3)CC2)CCNC1. The van der Waals surface area contributed by atoms with Crippen LogP contribution in [-0.2, 0) is 9.59 Å². The van der Waals surface area contributed by atoms with Crippen LogP contribution >= 0.6 is 0 Å². The Morgan fingerprint density at radius 2 is 1.95 bits per heavy atom. The quantitative estimate of drug-likeness (QED) is 0.809. The number of hydrogen-bond donors (Lipinski definition) is 2. The molecule has 0 spiro atoms. The van der Waals surface area contributed by atoms with Gasteiger partial charge in [-0.15, -0.1) is 0 Å². The number of likely N-dealkylation sites (tertiary alicyclic amines) is 1. The minimum atomic E-state index is -0.207. The van der Waals surface area contributed by atoms with Crippen molar-refractivity contribution in [1.29, 1.82) is 0 Å². The van der Waals surface area contributed by atoms with Crippen molar-refractivity contribution in [1.82, 2.24) is 15.5 Å². The minimum absolute atomic E-state index is 0.207. The van der Waals surface area contributed by atoms with E-state index in [1.54, 1.807) is 0 Å². The van der Waals surface area contributed by atoms with Crippen LogP contribution in [0.15, 0.2) is 0 Å². The van der Waals surface area contributed by atoms with Gasteiger partial charge in [0.05, 0.1) is 5.41 Å². The lowest BCUT2D eigenvalue weighted by Crippen LogP contribution is -2.51. The molecular weight excluding hydrogens is 266 g/mol. The van der Waals surface area contributed by atoms with Crippen molar-refractivity contribution >= 4 is 11.8 Å². The highest BCUT2D eigenvalue weighted by molar-refractivity contribution is 5.84. The Bertz CT molecular complexity index is 406. The summed E-state index contributed by atoms with van der Waals surface area (Å²) in [7, 11) is 0. The van der Waals surface area contributed by atoms with E-state index < -0.39 is 0 Å². The Balaban J connectivity index is 1.48. The molecule has 0 aromatic rings. The van der Waals surface area contributed by atoms with Crippen molar-refractivity contribution in [2.24, 2.45) is 11.3 Å². The summed E-state index contributed by atoms with van der Waals surface area (Å²) in [6.07, 6.45) is 5.77. The van der Waals surface area contributed by atoms with Gasteiger partial charge in [0.1, 0.15) is 0 Å². The highest BCUT2D eigenvalue weighted by Gasteiger charge is 2.41. The molecule has 21 heavy (non-hydrogen) atoms. The maximum Gasteiger partial charge on any atom is 0.227 e. The van der Waals surface area contributed by atoms with Crippen molar-refractivity contribution < 1.29 is 9.59 Å². The second kappa shape index (κ2) is 5.95. The fourth-order valence-corrected chi connectivity index (χ4v) is 3.57. The standard InChI is InChI=1S/C16H27N3O2/c1-2-16(7-8-17-11-16)15(21)18-13-5-9-19(10-6-13)14(20)12-3-4-12/h12-13,17H,2-11H2,1H3,(H,18,21). The third-order valence-corrected chi connectivity index (χ3v) is 5.47. The van der Waals surface area contributed by atoms with Crippen molar-refractivity contribution in [3.05, 3.63) is 0 Å². The van der Waals surface area contributed by atoms with E-state index in [9.17, 15) is 9.59 Å². The zero-order chi connectivity index (χ0) is 14.9. The Hall–Kier alpha value is -1.10. The van der Waals surface area contributed by atoms with Gasteiger partial charge in [-0.25, -0.2) is 0 Å². The summed E-state index contributed by atoms with van der Waals surface area (Å²) >= 11 is 0. The Morgan fingerprint density at radius 1 is 1.24 bits per heavy atom. The molecule has 3 fully saturated rings. The Labute approximate surface area is 126 Å². The first kappa shape index (κ1) is 14.8. The lowest BCUT2D eigenvalue weighted by Gasteiger charge is -2.35. The second-order valence-corrected chi connectivity index (χ2v) is 6.91. The fourth-order valence-electron chi connectivity index (χ4n) is 3.57. The molecular formula is C16H27N3O2. The van der Waals surface area contributed by atoms with Crippen molar-refractivity contribution in [2.45, 2.75) is 51.5 Å². The van der Waals surface area contributed by atoms with Crippen molar-refractivity contribution in [2.75, 3.05) is 26.2 Å². The lowest BCUT2D eigenvalue weighted by molar-refractivity contribution is -0.134. The summed E-state index contributed by atoms with van der Waals surface area (Å²) in [4.78, 5) is 26.6. The van der Waals surface area contributed by atoms with E-state index in [0.717, 1.165) is 64.7 Å². The summed E-state index contributed by atoms with van der Waals surface area (Å²) < 4.78 is 0.